The van der Waals surface area contributed by atoms with E-state index in [0.29, 0.717) is 17.6 Å². The highest BCUT2D eigenvalue weighted by Crippen LogP contribution is 2.42. The zero-order chi connectivity index (χ0) is 41.0. The van der Waals surface area contributed by atoms with Gasteiger partial charge in [-0.05, 0) is 53.6 Å². The monoisotopic (exact) mass is 792 g/mol. The second-order valence-corrected chi connectivity index (χ2v) is 15.5. The molecule has 8 aromatic carbocycles. The number of para-hydroxylation sites is 2. The third kappa shape index (κ3) is 5.96. The molecule has 0 saturated carbocycles. The lowest BCUT2D eigenvalue weighted by atomic mass is 10.1. The van der Waals surface area contributed by atoms with Crippen LogP contribution in [0.15, 0.2) is 218 Å². The highest BCUT2D eigenvalue weighted by molar-refractivity contribution is 6.23. The number of fused-ring (bicyclic) bond motifs is 7. The van der Waals surface area contributed by atoms with Gasteiger partial charge in [0.05, 0.1) is 33.5 Å². The predicted molar refractivity (Wildman–Crippen MR) is 253 cm³/mol. The van der Waals surface area contributed by atoms with Crippen LogP contribution in [0, 0.1) is 0 Å². The Hall–Kier alpha value is -8.48. The lowest BCUT2D eigenvalue weighted by molar-refractivity contribution is 0.953. The predicted octanol–water partition coefficient (Wildman–Crippen LogP) is 13.8. The molecule has 4 heterocycles. The molecule has 62 heavy (non-hydrogen) atoms. The normalized spacial score (nSPS) is 11.5. The molecule has 0 bridgehead atoms. The van der Waals surface area contributed by atoms with Gasteiger partial charge in [0.25, 0.3) is 0 Å². The van der Waals surface area contributed by atoms with Crippen molar-refractivity contribution in [3.63, 3.8) is 0 Å². The van der Waals surface area contributed by atoms with Crippen molar-refractivity contribution in [2.75, 3.05) is 0 Å². The summed E-state index contributed by atoms with van der Waals surface area (Å²) in [5.41, 5.74) is 13.3. The average molecular weight is 793 g/mol. The van der Waals surface area contributed by atoms with Gasteiger partial charge in [0.1, 0.15) is 0 Å². The summed E-state index contributed by atoms with van der Waals surface area (Å²) in [5.74, 6) is 1.70. The van der Waals surface area contributed by atoms with Crippen molar-refractivity contribution in [3.05, 3.63) is 218 Å². The topological polar surface area (TPSA) is 61.4 Å². The van der Waals surface area contributed by atoms with Gasteiger partial charge < -0.3 is 4.57 Å². The smallest absolute Gasteiger partial charge is 0.238 e. The molecule has 0 aliphatic heterocycles. The first-order chi connectivity index (χ1) is 30.7. The van der Waals surface area contributed by atoms with Crippen LogP contribution in [0.1, 0.15) is 0 Å². The largest absolute Gasteiger partial charge is 0.307 e. The first-order valence-corrected chi connectivity index (χ1v) is 20.8. The fraction of sp³-hybridized carbons (Fsp3) is 0. The molecule has 290 valence electrons. The molecule has 4 aromatic heterocycles. The molecule has 0 N–H and O–H groups in total. The Balaban J connectivity index is 1.13. The van der Waals surface area contributed by atoms with E-state index in [1.807, 2.05) is 36.4 Å². The van der Waals surface area contributed by atoms with Crippen LogP contribution in [0.2, 0.25) is 0 Å². The van der Waals surface area contributed by atoms with Gasteiger partial charge in [0.15, 0.2) is 11.6 Å². The second kappa shape index (κ2) is 14.7. The van der Waals surface area contributed by atoms with Crippen LogP contribution in [-0.2, 0) is 0 Å². The SMILES string of the molecule is c1ccc(-c2cccc(-n3c4ccccc4c4ccc5c6ccccc6n(-c6nc(-c7ccccc7)nc(-c7cccc(-c8cccc(-c9ccccc9)n8)c7)n6)c5c43)c2)cc1. The van der Waals surface area contributed by atoms with E-state index >= 15 is 0 Å². The summed E-state index contributed by atoms with van der Waals surface area (Å²) in [6.07, 6.45) is 0. The Morgan fingerprint density at radius 1 is 0.274 bits per heavy atom. The maximum Gasteiger partial charge on any atom is 0.238 e. The van der Waals surface area contributed by atoms with Crippen molar-refractivity contribution in [1.82, 2.24) is 29.1 Å². The number of hydrogen-bond donors (Lipinski definition) is 0. The first kappa shape index (κ1) is 35.5. The highest BCUT2D eigenvalue weighted by Gasteiger charge is 2.24. The lowest BCUT2D eigenvalue weighted by Gasteiger charge is -2.14. The fourth-order valence-electron chi connectivity index (χ4n) is 8.92. The van der Waals surface area contributed by atoms with Gasteiger partial charge in [0.2, 0.25) is 5.95 Å². The van der Waals surface area contributed by atoms with Gasteiger partial charge in [-0.25, -0.2) is 9.97 Å². The fourth-order valence-corrected chi connectivity index (χ4v) is 8.92. The number of nitrogens with zero attached hydrogens (tertiary/aromatic N) is 6. The van der Waals surface area contributed by atoms with Crippen LogP contribution >= 0.6 is 0 Å². The lowest BCUT2D eigenvalue weighted by Crippen LogP contribution is -2.07. The molecule has 0 saturated heterocycles. The number of pyridine rings is 1. The van der Waals surface area contributed by atoms with Crippen molar-refractivity contribution in [2.24, 2.45) is 0 Å². The minimum absolute atomic E-state index is 0.539. The summed E-state index contributed by atoms with van der Waals surface area (Å²) in [6.45, 7) is 0. The third-order valence-corrected chi connectivity index (χ3v) is 11.8. The number of aromatic nitrogens is 6. The van der Waals surface area contributed by atoms with Gasteiger partial charge in [-0.2, -0.15) is 9.97 Å². The van der Waals surface area contributed by atoms with Crippen LogP contribution in [-0.4, -0.2) is 29.1 Å². The van der Waals surface area contributed by atoms with Crippen molar-refractivity contribution in [3.8, 4) is 68.1 Å². The van der Waals surface area contributed by atoms with Crippen LogP contribution in [0.4, 0.5) is 0 Å². The summed E-state index contributed by atoms with van der Waals surface area (Å²) in [7, 11) is 0. The zero-order valence-electron chi connectivity index (χ0n) is 33.5. The number of rotatable bonds is 7. The van der Waals surface area contributed by atoms with E-state index in [1.54, 1.807) is 0 Å². The van der Waals surface area contributed by atoms with Crippen LogP contribution in [0.25, 0.3) is 112 Å². The number of benzene rings is 8. The molecule has 6 heteroatoms. The minimum atomic E-state index is 0.539. The molecule has 0 fully saturated rings. The average Bonchev–Trinajstić information content (AvgIpc) is 3.88. The Bertz CT molecular complexity index is 3630. The molecule has 0 aliphatic rings. The van der Waals surface area contributed by atoms with E-state index in [9.17, 15) is 0 Å². The number of hydrogen-bond acceptors (Lipinski definition) is 4. The van der Waals surface area contributed by atoms with Gasteiger partial charge in [0, 0.05) is 49.5 Å². The van der Waals surface area contributed by atoms with Crippen molar-refractivity contribution >= 4 is 43.6 Å². The minimum Gasteiger partial charge on any atom is -0.307 e. The summed E-state index contributed by atoms with van der Waals surface area (Å²) >= 11 is 0. The van der Waals surface area contributed by atoms with E-state index in [4.69, 9.17) is 19.9 Å². The molecule has 0 spiro atoms. The molecule has 0 amide bonds. The zero-order valence-corrected chi connectivity index (χ0v) is 33.5. The van der Waals surface area contributed by atoms with Crippen molar-refractivity contribution in [2.45, 2.75) is 0 Å². The van der Waals surface area contributed by atoms with Gasteiger partial charge in [-0.15, -0.1) is 0 Å². The molecule has 0 aliphatic carbocycles. The quantitative estimate of drug-likeness (QED) is 0.161. The van der Waals surface area contributed by atoms with Gasteiger partial charge in [-0.3, -0.25) is 4.57 Å². The molecular formula is C56H36N6. The van der Waals surface area contributed by atoms with Gasteiger partial charge in [-0.1, -0.05) is 176 Å². The summed E-state index contributed by atoms with van der Waals surface area (Å²) < 4.78 is 4.66. The summed E-state index contributed by atoms with van der Waals surface area (Å²) in [6, 6.07) is 76.1. The maximum atomic E-state index is 5.40. The van der Waals surface area contributed by atoms with Gasteiger partial charge >= 0.3 is 0 Å². The first-order valence-electron chi connectivity index (χ1n) is 20.8. The summed E-state index contributed by atoms with van der Waals surface area (Å²) in [5, 5.41) is 4.56. The Morgan fingerprint density at radius 3 is 1.45 bits per heavy atom. The Kier molecular flexibility index (Phi) is 8.38. The van der Waals surface area contributed by atoms with E-state index in [2.05, 4.69) is 191 Å². The van der Waals surface area contributed by atoms with Crippen LogP contribution in [0.5, 0.6) is 0 Å². The maximum absolute atomic E-state index is 5.40. The molecule has 0 unspecified atom stereocenters. The molecule has 12 aromatic rings. The molecule has 0 atom stereocenters. The van der Waals surface area contributed by atoms with E-state index in [1.165, 1.54) is 10.9 Å². The highest BCUT2D eigenvalue weighted by atomic mass is 15.2. The van der Waals surface area contributed by atoms with E-state index in [0.717, 1.165) is 83.1 Å². The van der Waals surface area contributed by atoms with E-state index < -0.39 is 0 Å². The Morgan fingerprint density at radius 2 is 0.758 bits per heavy atom. The molecule has 6 nitrogen and oxygen atoms in total. The molecular weight excluding hydrogens is 757 g/mol. The van der Waals surface area contributed by atoms with E-state index in [-0.39, 0.29) is 0 Å². The summed E-state index contributed by atoms with van der Waals surface area (Å²) in [4.78, 5) is 21.0. The van der Waals surface area contributed by atoms with Crippen LogP contribution in [0.3, 0.4) is 0 Å². The molecule has 12 rings (SSSR count). The Labute approximate surface area is 357 Å². The van der Waals surface area contributed by atoms with Crippen molar-refractivity contribution < 1.29 is 0 Å². The van der Waals surface area contributed by atoms with Crippen LogP contribution < -0.4 is 0 Å². The van der Waals surface area contributed by atoms with Crippen molar-refractivity contribution in [1.29, 1.82) is 0 Å². The third-order valence-electron chi connectivity index (χ3n) is 11.8. The molecule has 0 radical (unpaired) electrons. The standard InChI is InChI=1S/C56H36N6/c1-4-17-37(18-5-1)40-23-15-26-43(36-40)61-50-31-12-10-27-44(50)46-33-34-47-45-28-11-13-32-51(45)62(53(47)52(46)61)56-59-54(39-21-8-3-9-22-39)58-55(60-56)42-25-14-24-41(35-42)49-30-16-29-48(57-49)38-19-6-2-7-20-38/h1-36H. The second-order valence-electron chi connectivity index (χ2n) is 15.5.